The highest BCUT2D eigenvalue weighted by Crippen LogP contribution is 2.36. The molecule has 25 heavy (non-hydrogen) atoms. The van der Waals surface area contributed by atoms with E-state index in [0.29, 0.717) is 32.5 Å². The van der Waals surface area contributed by atoms with Gasteiger partial charge in [0, 0.05) is 26.1 Å². The van der Waals surface area contributed by atoms with Crippen LogP contribution in [0.3, 0.4) is 0 Å². The van der Waals surface area contributed by atoms with Crippen LogP contribution in [0.5, 0.6) is 0 Å². The molecule has 5 heteroatoms. The van der Waals surface area contributed by atoms with Crippen LogP contribution < -0.4 is 5.32 Å². The molecule has 0 saturated carbocycles. The second kappa shape index (κ2) is 8.95. The predicted molar refractivity (Wildman–Crippen MR) is 101 cm³/mol. The van der Waals surface area contributed by atoms with E-state index in [2.05, 4.69) is 52.9 Å². The summed E-state index contributed by atoms with van der Waals surface area (Å²) >= 11 is 0. The fourth-order valence-electron chi connectivity index (χ4n) is 4.07. The molecule has 0 aliphatic carbocycles. The van der Waals surface area contributed by atoms with E-state index in [9.17, 15) is 9.59 Å². The van der Waals surface area contributed by atoms with Gasteiger partial charge in [-0.25, -0.2) is 0 Å². The van der Waals surface area contributed by atoms with Gasteiger partial charge in [-0.2, -0.15) is 0 Å². The van der Waals surface area contributed by atoms with Crippen molar-refractivity contribution in [2.45, 2.75) is 60.8 Å². The van der Waals surface area contributed by atoms with Crippen molar-refractivity contribution in [3.8, 4) is 0 Å². The Morgan fingerprint density at radius 2 is 1.88 bits per heavy atom. The number of nitrogens with one attached hydrogen (secondary N) is 1. The SMILES string of the molecule is C/C(=C\C(C)(C)CC(C)(C)C)CC1CC(=O)N(CCNCCO)C1=O. The highest BCUT2D eigenvalue weighted by atomic mass is 16.3. The fraction of sp³-hybridized carbons (Fsp3) is 0.800. The molecular weight excluding hydrogens is 316 g/mol. The number of imide groups is 1. The minimum absolute atomic E-state index is 0.0544. The van der Waals surface area contributed by atoms with E-state index in [-0.39, 0.29) is 35.2 Å². The molecule has 2 amide bonds. The highest BCUT2D eigenvalue weighted by molar-refractivity contribution is 6.03. The molecule has 1 fully saturated rings. The molecule has 0 aromatic rings. The maximum Gasteiger partial charge on any atom is 0.233 e. The standard InChI is InChI=1S/C20H36N2O3/c1-15(13-20(5,6)14-19(2,3)4)11-16-12-17(24)22(18(16)25)9-7-21-8-10-23/h13,16,21,23H,7-12,14H2,1-6H3/b15-13+. The zero-order valence-corrected chi connectivity index (χ0v) is 16.8. The Labute approximate surface area is 152 Å². The van der Waals surface area contributed by atoms with Gasteiger partial charge in [0.1, 0.15) is 0 Å². The van der Waals surface area contributed by atoms with Gasteiger partial charge in [-0.1, -0.05) is 46.3 Å². The van der Waals surface area contributed by atoms with Crippen LogP contribution in [0.1, 0.15) is 60.8 Å². The number of hydrogen-bond acceptors (Lipinski definition) is 4. The summed E-state index contributed by atoms with van der Waals surface area (Å²) in [5, 5.41) is 11.8. The first-order valence-corrected chi connectivity index (χ1v) is 9.29. The van der Waals surface area contributed by atoms with Crippen molar-refractivity contribution in [2.24, 2.45) is 16.7 Å². The molecule has 1 heterocycles. The Balaban J connectivity index is 2.63. The van der Waals surface area contributed by atoms with E-state index in [1.807, 2.05) is 0 Å². The van der Waals surface area contributed by atoms with E-state index in [0.717, 1.165) is 6.42 Å². The smallest absolute Gasteiger partial charge is 0.233 e. The van der Waals surface area contributed by atoms with Crippen LogP contribution in [-0.4, -0.2) is 48.1 Å². The number of allylic oxidation sites excluding steroid dienone is 2. The van der Waals surface area contributed by atoms with Crippen LogP contribution in [0.25, 0.3) is 0 Å². The van der Waals surface area contributed by atoms with Crippen LogP contribution in [0, 0.1) is 16.7 Å². The first-order valence-electron chi connectivity index (χ1n) is 9.29. The summed E-state index contributed by atoms with van der Waals surface area (Å²) in [6.07, 6.45) is 4.29. The zero-order chi connectivity index (χ0) is 19.3. The largest absolute Gasteiger partial charge is 0.395 e. The number of likely N-dealkylation sites (tertiary alicyclic amines) is 1. The van der Waals surface area contributed by atoms with Crippen molar-refractivity contribution < 1.29 is 14.7 Å². The van der Waals surface area contributed by atoms with Crippen molar-refractivity contribution in [3.05, 3.63) is 11.6 Å². The Hall–Kier alpha value is -1.20. The maximum atomic E-state index is 12.5. The first kappa shape index (κ1) is 21.8. The second-order valence-electron chi connectivity index (χ2n) is 9.18. The number of hydrogen-bond donors (Lipinski definition) is 2. The number of aliphatic hydroxyl groups is 1. The lowest BCUT2D eigenvalue weighted by Gasteiger charge is -2.30. The van der Waals surface area contributed by atoms with Crippen molar-refractivity contribution in [3.63, 3.8) is 0 Å². The predicted octanol–water partition coefficient (Wildman–Crippen LogP) is 2.74. The first-order chi connectivity index (χ1) is 11.4. The third-order valence-corrected chi connectivity index (χ3v) is 4.33. The average molecular weight is 353 g/mol. The molecule has 1 aliphatic heterocycles. The molecule has 1 saturated heterocycles. The summed E-state index contributed by atoms with van der Waals surface area (Å²) in [5.41, 5.74) is 1.50. The van der Waals surface area contributed by atoms with Gasteiger partial charge in [0.2, 0.25) is 11.8 Å². The van der Waals surface area contributed by atoms with Crippen LogP contribution in [0.2, 0.25) is 0 Å². The van der Waals surface area contributed by atoms with E-state index in [4.69, 9.17) is 5.11 Å². The molecule has 2 N–H and O–H groups in total. The second-order valence-corrected chi connectivity index (χ2v) is 9.18. The number of carbonyl (C=O) groups is 2. The van der Waals surface area contributed by atoms with E-state index in [1.165, 1.54) is 10.5 Å². The van der Waals surface area contributed by atoms with Crippen LogP contribution in [0.15, 0.2) is 11.6 Å². The van der Waals surface area contributed by atoms with E-state index >= 15 is 0 Å². The van der Waals surface area contributed by atoms with E-state index < -0.39 is 0 Å². The lowest BCUT2D eigenvalue weighted by Crippen LogP contribution is -2.37. The monoisotopic (exact) mass is 352 g/mol. The Bertz CT molecular complexity index is 504. The number of amides is 2. The van der Waals surface area contributed by atoms with Gasteiger partial charge in [-0.15, -0.1) is 0 Å². The summed E-state index contributed by atoms with van der Waals surface area (Å²) < 4.78 is 0. The van der Waals surface area contributed by atoms with Gasteiger partial charge >= 0.3 is 0 Å². The number of nitrogens with zero attached hydrogens (tertiary/aromatic N) is 1. The third-order valence-electron chi connectivity index (χ3n) is 4.33. The lowest BCUT2D eigenvalue weighted by molar-refractivity contribution is -0.139. The summed E-state index contributed by atoms with van der Waals surface area (Å²) in [5.74, 6) is -0.369. The molecule has 0 radical (unpaired) electrons. The average Bonchev–Trinajstić information content (AvgIpc) is 2.66. The summed E-state index contributed by atoms with van der Waals surface area (Å²) in [6, 6.07) is 0. The minimum atomic E-state index is -0.230. The van der Waals surface area contributed by atoms with Gasteiger partial charge in [0.15, 0.2) is 0 Å². The van der Waals surface area contributed by atoms with Crippen molar-refractivity contribution in [1.29, 1.82) is 0 Å². The highest BCUT2D eigenvalue weighted by Gasteiger charge is 2.38. The number of aliphatic hydroxyl groups excluding tert-OH is 1. The molecule has 0 spiro atoms. The molecule has 1 aliphatic rings. The Morgan fingerprint density at radius 3 is 2.44 bits per heavy atom. The van der Waals surface area contributed by atoms with Gasteiger partial charge in [0.05, 0.1) is 12.5 Å². The summed E-state index contributed by atoms with van der Waals surface area (Å²) in [4.78, 5) is 26.0. The van der Waals surface area contributed by atoms with Crippen molar-refractivity contribution >= 4 is 11.8 Å². The molecule has 1 unspecified atom stereocenters. The zero-order valence-electron chi connectivity index (χ0n) is 16.8. The van der Waals surface area contributed by atoms with Crippen LogP contribution in [0.4, 0.5) is 0 Å². The normalized spacial score (nSPS) is 19.9. The summed E-state index contributed by atoms with van der Waals surface area (Å²) in [6.45, 7) is 14.7. The van der Waals surface area contributed by atoms with Gasteiger partial charge in [0.25, 0.3) is 0 Å². The third kappa shape index (κ3) is 7.70. The molecule has 0 bridgehead atoms. The summed E-state index contributed by atoms with van der Waals surface area (Å²) in [7, 11) is 0. The van der Waals surface area contributed by atoms with Crippen LogP contribution in [-0.2, 0) is 9.59 Å². The molecule has 0 aromatic heterocycles. The minimum Gasteiger partial charge on any atom is -0.395 e. The van der Waals surface area contributed by atoms with Gasteiger partial charge in [-0.05, 0) is 30.6 Å². The van der Waals surface area contributed by atoms with Crippen LogP contribution >= 0.6 is 0 Å². The molecule has 5 nitrogen and oxygen atoms in total. The Morgan fingerprint density at radius 1 is 1.24 bits per heavy atom. The maximum absolute atomic E-state index is 12.5. The quantitative estimate of drug-likeness (QED) is 0.380. The molecule has 1 rings (SSSR count). The van der Waals surface area contributed by atoms with E-state index in [1.54, 1.807) is 0 Å². The molecule has 0 aromatic carbocycles. The molecule has 144 valence electrons. The van der Waals surface area contributed by atoms with Gasteiger partial charge in [-0.3, -0.25) is 14.5 Å². The number of carbonyl (C=O) groups excluding carboxylic acids is 2. The fourth-order valence-corrected chi connectivity index (χ4v) is 4.07. The molecular formula is C20H36N2O3. The van der Waals surface area contributed by atoms with Gasteiger partial charge < -0.3 is 10.4 Å². The number of rotatable bonds is 9. The van der Waals surface area contributed by atoms with Crippen molar-refractivity contribution in [1.82, 2.24) is 10.2 Å². The molecule has 1 atom stereocenters. The topological polar surface area (TPSA) is 69.6 Å². The lowest BCUT2D eigenvalue weighted by atomic mass is 9.75. The Kier molecular flexibility index (Phi) is 7.82. The van der Waals surface area contributed by atoms with Crippen molar-refractivity contribution in [2.75, 3.05) is 26.2 Å².